The quantitative estimate of drug-likeness (QED) is 0.425. The molecule has 3 aromatic rings. The normalized spacial score (nSPS) is 12.8. The van der Waals surface area contributed by atoms with Gasteiger partial charge in [-0.25, -0.2) is 4.79 Å². The maximum absolute atomic E-state index is 12.3. The molecule has 0 radical (unpaired) electrons. The van der Waals surface area contributed by atoms with Crippen molar-refractivity contribution in [3.63, 3.8) is 0 Å². The molecule has 0 aliphatic heterocycles. The summed E-state index contributed by atoms with van der Waals surface area (Å²) in [5.41, 5.74) is 3.12. The van der Waals surface area contributed by atoms with Crippen LogP contribution in [0.3, 0.4) is 0 Å². The SMILES string of the molecule is CC(CSC(c1ccccc1)(c1ccccc1)c1ccccc1)NC(=O)OC(C)(C)C. The van der Waals surface area contributed by atoms with Gasteiger partial charge >= 0.3 is 6.09 Å². The highest BCUT2D eigenvalue weighted by atomic mass is 32.2. The number of carbonyl (C=O) groups excluding carboxylic acids is 1. The first-order valence-corrected chi connectivity index (χ1v) is 11.6. The molecule has 0 aliphatic rings. The minimum absolute atomic E-state index is 0.0599. The van der Waals surface area contributed by atoms with Crippen LogP contribution in [0.15, 0.2) is 91.0 Å². The third-order valence-corrected chi connectivity index (χ3v) is 6.66. The zero-order chi connectivity index (χ0) is 22.3. The minimum atomic E-state index is -0.515. The van der Waals surface area contributed by atoms with E-state index in [0.29, 0.717) is 0 Å². The number of carbonyl (C=O) groups is 1. The van der Waals surface area contributed by atoms with Crippen LogP contribution < -0.4 is 5.32 Å². The van der Waals surface area contributed by atoms with Gasteiger partial charge in [-0.3, -0.25) is 0 Å². The summed E-state index contributed by atoms with van der Waals surface area (Å²) in [6, 6.07) is 31.6. The van der Waals surface area contributed by atoms with E-state index in [0.717, 1.165) is 5.75 Å². The van der Waals surface area contributed by atoms with Crippen molar-refractivity contribution in [3.05, 3.63) is 108 Å². The Labute approximate surface area is 190 Å². The molecule has 0 aliphatic carbocycles. The summed E-state index contributed by atoms with van der Waals surface area (Å²) in [7, 11) is 0. The van der Waals surface area contributed by atoms with Gasteiger partial charge in [0.1, 0.15) is 5.60 Å². The van der Waals surface area contributed by atoms with Crippen LogP contribution in [-0.4, -0.2) is 23.5 Å². The van der Waals surface area contributed by atoms with Crippen molar-refractivity contribution in [3.8, 4) is 0 Å². The van der Waals surface area contributed by atoms with Crippen LogP contribution in [0.5, 0.6) is 0 Å². The van der Waals surface area contributed by atoms with E-state index in [-0.39, 0.29) is 12.1 Å². The van der Waals surface area contributed by atoms with Crippen LogP contribution in [-0.2, 0) is 9.48 Å². The highest BCUT2D eigenvalue weighted by molar-refractivity contribution is 8.00. The second-order valence-corrected chi connectivity index (χ2v) is 9.87. The predicted octanol–water partition coefficient (Wildman–Crippen LogP) is 6.62. The lowest BCUT2D eigenvalue weighted by Crippen LogP contribution is -2.39. The number of amides is 1. The number of alkyl carbamates (subject to hydrolysis) is 1. The molecule has 1 atom stereocenters. The first kappa shape index (κ1) is 23.0. The summed E-state index contributed by atoms with van der Waals surface area (Å²) in [5.74, 6) is 0.720. The third kappa shape index (κ3) is 5.92. The minimum Gasteiger partial charge on any atom is -0.444 e. The Bertz CT molecular complexity index is 856. The molecule has 0 aromatic heterocycles. The van der Waals surface area contributed by atoms with Gasteiger partial charge in [0.25, 0.3) is 0 Å². The molecule has 0 saturated heterocycles. The zero-order valence-electron chi connectivity index (χ0n) is 18.7. The number of hydrogen-bond donors (Lipinski definition) is 1. The molecule has 3 aromatic carbocycles. The fraction of sp³-hybridized carbons (Fsp3) is 0.296. The predicted molar refractivity (Wildman–Crippen MR) is 130 cm³/mol. The molecule has 4 heteroatoms. The fourth-order valence-corrected chi connectivity index (χ4v) is 5.06. The van der Waals surface area contributed by atoms with Crippen molar-refractivity contribution in [2.24, 2.45) is 0 Å². The van der Waals surface area contributed by atoms with Crippen LogP contribution in [0, 0.1) is 0 Å². The molecule has 1 amide bonds. The Morgan fingerprint density at radius 1 is 0.806 bits per heavy atom. The van der Waals surface area contributed by atoms with Crippen LogP contribution in [0.4, 0.5) is 4.79 Å². The summed E-state index contributed by atoms with van der Waals surface area (Å²) in [4.78, 5) is 12.3. The van der Waals surface area contributed by atoms with Crippen molar-refractivity contribution in [2.75, 3.05) is 5.75 Å². The number of thioether (sulfide) groups is 1. The first-order chi connectivity index (χ1) is 14.8. The maximum Gasteiger partial charge on any atom is 0.407 e. The van der Waals surface area contributed by atoms with Crippen LogP contribution in [0.2, 0.25) is 0 Å². The molecule has 162 valence electrons. The number of rotatable bonds is 7. The van der Waals surface area contributed by atoms with Crippen molar-refractivity contribution < 1.29 is 9.53 Å². The Morgan fingerprint density at radius 2 is 1.19 bits per heavy atom. The van der Waals surface area contributed by atoms with E-state index in [4.69, 9.17) is 4.74 Å². The van der Waals surface area contributed by atoms with E-state index in [2.05, 4.69) is 78.1 Å². The van der Waals surface area contributed by atoms with Crippen LogP contribution in [0.25, 0.3) is 0 Å². The molecule has 0 bridgehead atoms. The molecule has 1 N–H and O–H groups in total. The lowest BCUT2D eigenvalue weighted by atomic mass is 9.84. The largest absolute Gasteiger partial charge is 0.444 e. The van der Waals surface area contributed by atoms with Gasteiger partial charge in [0.2, 0.25) is 0 Å². The molecule has 0 fully saturated rings. The van der Waals surface area contributed by atoms with E-state index in [1.165, 1.54) is 16.7 Å². The molecule has 0 spiro atoms. The highest BCUT2D eigenvalue weighted by Gasteiger charge is 2.37. The lowest BCUT2D eigenvalue weighted by Gasteiger charge is -2.36. The summed E-state index contributed by atoms with van der Waals surface area (Å²) < 4.78 is 5.04. The van der Waals surface area contributed by atoms with Gasteiger partial charge in [-0.05, 0) is 44.4 Å². The van der Waals surface area contributed by atoms with Crippen molar-refractivity contribution in [1.82, 2.24) is 5.32 Å². The van der Waals surface area contributed by atoms with E-state index in [1.54, 1.807) is 0 Å². The summed E-state index contributed by atoms with van der Waals surface area (Å²) in [6.07, 6.45) is -0.384. The molecular formula is C27H31NO2S. The molecule has 0 saturated carbocycles. The van der Waals surface area contributed by atoms with Crippen molar-refractivity contribution >= 4 is 17.9 Å². The van der Waals surface area contributed by atoms with E-state index < -0.39 is 10.3 Å². The smallest absolute Gasteiger partial charge is 0.407 e. The van der Waals surface area contributed by atoms with Crippen molar-refractivity contribution in [2.45, 2.75) is 44.1 Å². The van der Waals surface area contributed by atoms with Crippen molar-refractivity contribution in [1.29, 1.82) is 0 Å². The van der Waals surface area contributed by atoms with E-state index >= 15 is 0 Å². The molecule has 3 rings (SSSR count). The Morgan fingerprint density at radius 3 is 1.55 bits per heavy atom. The van der Waals surface area contributed by atoms with Gasteiger partial charge in [0.15, 0.2) is 0 Å². The van der Waals surface area contributed by atoms with Crippen LogP contribution >= 0.6 is 11.8 Å². The van der Waals surface area contributed by atoms with Gasteiger partial charge < -0.3 is 10.1 Å². The van der Waals surface area contributed by atoms with Gasteiger partial charge in [0, 0.05) is 11.8 Å². The van der Waals surface area contributed by atoms with E-state index in [1.807, 2.05) is 57.7 Å². The number of nitrogens with one attached hydrogen (secondary N) is 1. The van der Waals surface area contributed by atoms with Gasteiger partial charge in [-0.15, -0.1) is 11.8 Å². The average Bonchev–Trinajstić information content (AvgIpc) is 2.75. The molecule has 1 unspecified atom stereocenters. The Hall–Kier alpha value is -2.72. The second-order valence-electron chi connectivity index (χ2n) is 8.64. The molecule has 3 nitrogen and oxygen atoms in total. The molecule has 31 heavy (non-hydrogen) atoms. The Kier molecular flexibility index (Phi) is 7.45. The standard InChI is InChI=1S/C27H31NO2S/c1-21(28-25(29)30-26(2,3)4)20-31-27(22-14-8-5-9-15-22,23-16-10-6-11-17-23)24-18-12-7-13-19-24/h5-19,21H,20H2,1-4H3,(H,28,29). The second kappa shape index (κ2) is 10.1. The average molecular weight is 434 g/mol. The molecule has 0 heterocycles. The number of hydrogen-bond acceptors (Lipinski definition) is 3. The maximum atomic E-state index is 12.3. The third-order valence-electron chi connectivity index (χ3n) is 4.85. The molecular weight excluding hydrogens is 402 g/mol. The van der Waals surface area contributed by atoms with E-state index in [9.17, 15) is 4.79 Å². The summed E-state index contributed by atoms with van der Waals surface area (Å²) >= 11 is 1.83. The van der Waals surface area contributed by atoms with Crippen LogP contribution in [0.1, 0.15) is 44.4 Å². The topological polar surface area (TPSA) is 38.3 Å². The van der Waals surface area contributed by atoms with Gasteiger partial charge in [-0.1, -0.05) is 91.0 Å². The van der Waals surface area contributed by atoms with Gasteiger partial charge in [-0.2, -0.15) is 0 Å². The highest BCUT2D eigenvalue weighted by Crippen LogP contribution is 2.48. The summed E-state index contributed by atoms with van der Waals surface area (Å²) in [5, 5.41) is 2.98. The fourth-order valence-electron chi connectivity index (χ4n) is 3.57. The lowest BCUT2D eigenvalue weighted by molar-refractivity contribution is 0.0513. The van der Waals surface area contributed by atoms with Gasteiger partial charge in [0.05, 0.1) is 4.75 Å². The number of ether oxygens (including phenoxy) is 1. The summed E-state index contributed by atoms with van der Waals surface area (Å²) in [6.45, 7) is 7.63. The zero-order valence-corrected chi connectivity index (χ0v) is 19.5. The first-order valence-electron chi connectivity index (χ1n) is 10.6. The Balaban J connectivity index is 1.96. The number of benzene rings is 3. The monoisotopic (exact) mass is 433 g/mol.